The van der Waals surface area contributed by atoms with Crippen molar-refractivity contribution in [3.8, 4) is 0 Å². The Balaban J connectivity index is 2.28. The van der Waals surface area contributed by atoms with Gasteiger partial charge in [-0.25, -0.2) is 27.0 Å². The molecule has 11 heteroatoms. The molecule has 0 radical (unpaired) electrons. The number of anilines is 2. The molecule has 0 saturated carbocycles. The normalized spacial score (nSPS) is 11.8. The first-order valence-electron chi connectivity index (χ1n) is 5.28. The van der Waals surface area contributed by atoms with Crippen LogP contribution in [-0.4, -0.2) is 37.7 Å². The molecular formula is C9H11F2N5O2S2. The van der Waals surface area contributed by atoms with E-state index >= 15 is 0 Å². The van der Waals surface area contributed by atoms with Crippen LogP contribution in [0.2, 0.25) is 0 Å². The van der Waals surface area contributed by atoms with E-state index in [1.807, 2.05) is 0 Å². The minimum absolute atomic E-state index is 0.139. The SMILES string of the molecule is CN(C)c1n[nH]c(NS(=O)(=O)c2cscc2C(F)F)n1. The van der Waals surface area contributed by atoms with Crippen LogP contribution in [0.15, 0.2) is 15.7 Å². The molecule has 0 bridgehead atoms. The molecule has 0 amide bonds. The predicted molar refractivity (Wildman–Crippen MR) is 70.8 cm³/mol. The molecule has 0 saturated heterocycles. The third kappa shape index (κ3) is 2.88. The highest BCUT2D eigenvalue weighted by molar-refractivity contribution is 7.92. The number of H-pyrrole nitrogens is 1. The molecule has 2 N–H and O–H groups in total. The minimum atomic E-state index is -4.13. The van der Waals surface area contributed by atoms with Gasteiger partial charge in [-0.2, -0.15) is 16.3 Å². The highest BCUT2D eigenvalue weighted by atomic mass is 32.2. The fourth-order valence-electron chi connectivity index (χ4n) is 1.35. The van der Waals surface area contributed by atoms with E-state index in [1.54, 1.807) is 19.0 Å². The molecule has 0 atom stereocenters. The zero-order valence-corrected chi connectivity index (χ0v) is 12.1. The molecule has 2 rings (SSSR count). The molecule has 110 valence electrons. The monoisotopic (exact) mass is 323 g/mol. The number of aromatic nitrogens is 3. The number of hydrogen-bond acceptors (Lipinski definition) is 6. The lowest BCUT2D eigenvalue weighted by Gasteiger charge is -2.06. The van der Waals surface area contributed by atoms with Crippen LogP contribution in [0, 0.1) is 0 Å². The Kier molecular flexibility index (Phi) is 3.90. The summed E-state index contributed by atoms with van der Waals surface area (Å²) < 4.78 is 51.6. The van der Waals surface area contributed by atoms with Gasteiger partial charge in [0.2, 0.25) is 11.9 Å². The van der Waals surface area contributed by atoms with Crippen molar-refractivity contribution in [3.63, 3.8) is 0 Å². The van der Waals surface area contributed by atoms with E-state index in [1.165, 1.54) is 0 Å². The van der Waals surface area contributed by atoms with E-state index in [-0.39, 0.29) is 11.9 Å². The molecule has 2 aromatic rings. The van der Waals surface area contributed by atoms with Crippen LogP contribution in [0.25, 0.3) is 0 Å². The van der Waals surface area contributed by atoms with Crippen LogP contribution >= 0.6 is 11.3 Å². The topological polar surface area (TPSA) is 91.0 Å². The van der Waals surface area contributed by atoms with Crippen LogP contribution in [0.4, 0.5) is 20.7 Å². The summed E-state index contributed by atoms with van der Waals surface area (Å²) in [5, 5.41) is 8.38. The summed E-state index contributed by atoms with van der Waals surface area (Å²) in [4.78, 5) is 4.97. The minimum Gasteiger partial charge on any atom is -0.346 e. The first-order valence-corrected chi connectivity index (χ1v) is 7.70. The fourth-order valence-corrected chi connectivity index (χ4v) is 3.72. The van der Waals surface area contributed by atoms with Gasteiger partial charge in [0.15, 0.2) is 0 Å². The molecular weight excluding hydrogens is 312 g/mol. The smallest absolute Gasteiger partial charge is 0.265 e. The van der Waals surface area contributed by atoms with Gasteiger partial charge in [-0.15, -0.1) is 5.10 Å². The maximum atomic E-state index is 12.7. The van der Waals surface area contributed by atoms with Crippen molar-refractivity contribution in [2.75, 3.05) is 23.7 Å². The Hall–Kier alpha value is -1.75. The van der Waals surface area contributed by atoms with Crippen molar-refractivity contribution in [3.05, 3.63) is 16.3 Å². The average Bonchev–Trinajstić information content (AvgIpc) is 2.95. The predicted octanol–water partition coefficient (Wildman–Crippen LogP) is 1.67. The van der Waals surface area contributed by atoms with E-state index in [0.717, 1.165) is 22.1 Å². The molecule has 0 unspecified atom stereocenters. The van der Waals surface area contributed by atoms with Gasteiger partial charge < -0.3 is 4.90 Å². The number of rotatable bonds is 5. The number of halogens is 2. The van der Waals surface area contributed by atoms with Crippen LogP contribution in [0.5, 0.6) is 0 Å². The molecule has 0 spiro atoms. The lowest BCUT2D eigenvalue weighted by atomic mass is 10.4. The lowest BCUT2D eigenvalue weighted by Crippen LogP contribution is -2.15. The number of sulfonamides is 1. The molecule has 0 aliphatic heterocycles. The molecule has 20 heavy (non-hydrogen) atoms. The molecule has 2 aromatic heterocycles. The van der Waals surface area contributed by atoms with Gasteiger partial charge in [-0.3, -0.25) is 0 Å². The van der Waals surface area contributed by atoms with Crippen molar-refractivity contribution in [2.45, 2.75) is 11.3 Å². The van der Waals surface area contributed by atoms with Gasteiger partial charge in [-0.05, 0) is 0 Å². The Morgan fingerprint density at radius 1 is 1.40 bits per heavy atom. The van der Waals surface area contributed by atoms with Crippen LogP contribution < -0.4 is 9.62 Å². The zero-order valence-electron chi connectivity index (χ0n) is 10.5. The highest BCUT2D eigenvalue weighted by Crippen LogP contribution is 2.30. The van der Waals surface area contributed by atoms with E-state index in [4.69, 9.17) is 0 Å². The molecule has 0 aliphatic rings. The third-order valence-electron chi connectivity index (χ3n) is 2.28. The molecule has 0 fully saturated rings. The van der Waals surface area contributed by atoms with Crippen LogP contribution in [0.1, 0.15) is 12.0 Å². The second-order valence-electron chi connectivity index (χ2n) is 3.98. The van der Waals surface area contributed by atoms with Crippen molar-refractivity contribution in [1.82, 2.24) is 15.2 Å². The zero-order chi connectivity index (χ0) is 14.9. The van der Waals surface area contributed by atoms with Crippen molar-refractivity contribution < 1.29 is 17.2 Å². The molecule has 2 heterocycles. The summed E-state index contributed by atoms with van der Waals surface area (Å²) in [7, 11) is -0.778. The summed E-state index contributed by atoms with van der Waals surface area (Å²) in [6, 6.07) is 0. The number of alkyl halides is 2. The van der Waals surface area contributed by atoms with E-state index in [0.29, 0.717) is 0 Å². The standard InChI is InChI=1S/C9H11F2N5O2S2/c1-16(2)9-12-8(13-14-9)15-20(17,18)6-4-19-3-5(6)7(10)11/h3-4,7H,1-2H3,(H2,12,13,14,15). The van der Waals surface area contributed by atoms with Gasteiger partial charge in [0.05, 0.1) is 0 Å². The second kappa shape index (κ2) is 5.32. The Morgan fingerprint density at radius 2 is 2.10 bits per heavy atom. The molecule has 7 nitrogen and oxygen atoms in total. The van der Waals surface area contributed by atoms with E-state index in [2.05, 4.69) is 19.9 Å². The van der Waals surface area contributed by atoms with Crippen LogP contribution in [0.3, 0.4) is 0 Å². The first-order chi connectivity index (χ1) is 9.31. The van der Waals surface area contributed by atoms with Gasteiger partial charge in [0, 0.05) is 30.4 Å². The number of nitrogens with zero attached hydrogens (tertiary/aromatic N) is 3. The quantitative estimate of drug-likeness (QED) is 0.873. The molecule has 0 aliphatic carbocycles. The molecule has 0 aromatic carbocycles. The maximum Gasteiger partial charge on any atom is 0.265 e. The van der Waals surface area contributed by atoms with Gasteiger partial charge in [0.25, 0.3) is 16.4 Å². The number of nitrogens with one attached hydrogen (secondary N) is 2. The van der Waals surface area contributed by atoms with Crippen molar-refractivity contribution in [2.24, 2.45) is 0 Å². The number of aromatic amines is 1. The summed E-state index contributed by atoms with van der Waals surface area (Å²) in [6.45, 7) is 0. The summed E-state index contributed by atoms with van der Waals surface area (Å²) in [5.41, 5.74) is -0.533. The first kappa shape index (κ1) is 14.7. The van der Waals surface area contributed by atoms with Gasteiger partial charge in [-0.1, -0.05) is 0 Å². The Labute approximate surface area is 117 Å². The van der Waals surface area contributed by atoms with Crippen molar-refractivity contribution >= 4 is 33.3 Å². The summed E-state index contributed by atoms with van der Waals surface area (Å²) >= 11 is 0.888. The van der Waals surface area contributed by atoms with E-state index < -0.39 is 26.9 Å². The van der Waals surface area contributed by atoms with Crippen LogP contribution in [-0.2, 0) is 10.0 Å². The van der Waals surface area contributed by atoms with E-state index in [9.17, 15) is 17.2 Å². The van der Waals surface area contributed by atoms with Gasteiger partial charge in [0.1, 0.15) is 4.90 Å². The van der Waals surface area contributed by atoms with Gasteiger partial charge >= 0.3 is 0 Å². The summed E-state index contributed by atoms with van der Waals surface area (Å²) in [5.74, 6) is 0.127. The number of thiophene rings is 1. The Bertz CT molecular complexity index is 695. The Morgan fingerprint density at radius 3 is 2.65 bits per heavy atom. The largest absolute Gasteiger partial charge is 0.346 e. The second-order valence-corrected chi connectivity index (χ2v) is 6.37. The average molecular weight is 323 g/mol. The highest BCUT2D eigenvalue weighted by Gasteiger charge is 2.25. The summed E-state index contributed by atoms with van der Waals surface area (Å²) in [6.07, 6.45) is -2.86. The number of hydrogen-bond donors (Lipinski definition) is 2. The third-order valence-corrected chi connectivity index (χ3v) is 4.59. The lowest BCUT2D eigenvalue weighted by molar-refractivity contribution is 0.148. The van der Waals surface area contributed by atoms with Crippen molar-refractivity contribution in [1.29, 1.82) is 0 Å². The fraction of sp³-hybridized carbons (Fsp3) is 0.333. The maximum absolute atomic E-state index is 12.7.